The molecule has 1 aromatic carbocycles. The molecule has 0 saturated heterocycles. The van der Waals surface area contributed by atoms with Crippen LogP contribution in [-0.2, 0) is 4.79 Å². The zero-order valence-corrected chi connectivity index (χ0v) is 19.2. The van der Waals surface area contributed by atoms with Gasteiger partial charge in [0.1, 0.15) is 0 Å². The minimum absolute atomic E-state index is 0.155. The first-order chi connectivity index (χ1) is 13.8. The number of nitrogens with zero attached hydrogens (tertiary/aromatic N) is 3. The van der Waals surface area contributed by atoms with Crippen molar-refractivity contribution in [2.45, 2.75) is 45.4 Å². The minimum Gasteiger partial charge on any atom is -0.308 e. The summed E-state index contributed by atoms with van der Waals surface area (Å²) in [4.78, 5) is 23.2. The van der Waals surface area contributed by atoms with Crippen molar-refractivity contribution in [2.75, 3.05) is 32.1 Å². The summed E-state index contributed by atoms with van der Waals surface area (Å²) >= 11 is 8.04. The summed E-state index contributed by atoms with van der Waals surface area (Å²) in [6.07, 6.45) is 7.30. The molecule has 4 fully saturated rings. The standard InChI is InChI=1S/C23H30ClN3OS/c1-14-4-5-18(24)20-19(14)25-22(29-20)27(7-6-26(2)3)21(28)23-11-15-8-16(12-23)10-17(9-15)13-23/h4-5,15-17H,6-13H2,1-3H3. The molecular weight excluding hydrogens is 402 g/mol. The fourth-order valence-corrected chi connectivity index (χ4v) is 7.79. The molecule has 1 heterocycles. The molecule has 0 aliphatic heterocycles. The predicted molar refractivity (Wildman–Crippen MR) is 121 cm³/mol. The summed E-state index contributed by atoms with van der Waals surface area (Å²) in [5, 5.41) is 1.54. The van der Waals surface area contributed by atoms with Crippen LogP contribution in [0.1, 0.15) is 44.1 Å². The molecule has 1 aromatic heterocycles. The molecule has 1 amide bonds. The van der Waals surface area contributed by atoms with E-state index in [-0.39, 0.29) is 5.41 Å². The van der Waals surface area contributed by atoms with Crippen LogP contribution in [0.25, 0.3) is 10.2 Å². The van der Waals surface area contributed by atoms with Crippen molar-refractivity contribution < 1.29 is 4.79 Å². The number of aromatic nitrogens is 1. The molecule has 4 bridgehead atoms. The van der Waals surface area contributed by atoms with Gasteiger partial charge in [-0.1, -0.05) is 29.0 Å². The number of hydrogen-bond acceptors (Lipinski definition) is 4. The second-order valence-electron chi connectivity index (χ2n) is 10.00. The van der Waals surface area contributed by atoms with Crippen LogP contribution in [0, 0.1) is 30.1 Å². The fraction of sp³-hybridized carbons (Fsp3) is 0.652. The Morgan fingerprint density at radius 1 is 1.14 bits per heavy atom. The van der Waals surface area contributed by atoms with Crippen LogP contribution in [-0.4, -0.2) is 43.0 Å². The third kappa shape index (κ3) is 3.39. The molecule has 4 aliphatic carbocycles. The molecule has 0 unspecified atom stereocenters. The van der Waals surface area contributed by atoms with Crippen LogP contribution in [0.5, 0.6) is 0 Å². The van der Waals surface area contributed by atoms with Crippen molar-refractivity contribution in [1.82, 2.24) is 9.88 Å². The largest absolute Gasteiger partial charge is 0.308 e. The van der Waals surface area contributed by atoms with Crippen molar-refractivity contribution in [2.24, 2.45) is 23.2 Å². The molecular formula is C23H30ClN3OS. The number of fused-ring (bicyclic) bond motifs is 1. The van der Waals surface area contributed by atoms with Crippen LogP contribution in [0.3, 0.4) is 0 Å². The second-order valence-corrected chi connectivity index (χ2v) is 11.4. The fourth-order valence-electron chi connectivity index (χ4n) is 6.45. The summed E-state index contributed by atoms with van der Waals surface area (Å²) in [7, 11) is 4.12. The van der Waals surface area contributed by atoms with E-state index < -0.39 is 0 Å². The Morgan fingerprint density at radius 2 is 1.76 bits per heavy atom. The van der Waals surface area contributed by atoms with Gasteiger partial charge in [0.25, 0.3) is 0 Å². The van der Waals surface area contributed by atoms with Gasteiger partial charge in [0.15, 0.2) is 5.13 Å². The van der Waals surface area contributed by atoms with Gasteiger partial charge in [-0.25, -0.2) is 4.98 Å². The van der Waals surface area contributed by atoms with E-state index in [4.69, 9.17) is 16.6 Å². The van der Waals surface area contributed by atoms with E-state index in [2.05, 4.69) is 25.9 Å². The summed E-state index contributed by atoms with van der Waals surface area (Å²) in [5.74, 6) is 2.60. The molecule has 2 aromatic rings. The molecule has 6 heteroatoms. The maximum atomic E-state index is 14.1. The third-order valence-corrected chi connectivity index (χ3v) is 8.96. The monoisotopic (exact) mass is 431 g/mol. The topological polar surface area (TPSA) is 36.4 Å². The first kappa shape index (κ1) is 19.8. The summed E-state index contributed by atoms with van der Waals surface area (Å²) in [6, 6.07) is 3.95. The molecule has 0 N–H and O–H groups in total. The van der Waals surface area contributed by atoms with Gasteiger partial charge in [0.2, 0.25) is 5.91 Å². The molecule has 6 rings (SSSR count). The Hall–Kier alpha value is -1.17. The van der Waals surface area contributed by atoms with Gasteiger partial charge in [-0.15, -0.1) is 0 Å². The van der Waals surface area contributed by atoms with Crippen molar-refractivity contribution in [1.29, 1.82) is 0 Å². The number of carbonyl (C=O) groups excluding carboxylic acids is 1. The van der Waals surface area contributed by atoms with Gasteiger partial charge in [-0.05, 0) is 88.9 Å². The zero-order chi connectivity index (χ0) is 20.3. The number of aryl methyl sites for hydroxylation is 1. The first-order valence-corrected chi connectivity index (χ1v) is 12.1. The van der Waals surface area contributed by atoms with Crippen LogP contribution >= 0.6 is 22.9 Å². The van der Waals surface area contributed by atoms with E-state index in [1.165, 1.54) is 19.3 Å². The Labute approximate surface area is 182 Å². The number of thiazole rings is 1. The highest BCUT2D eigenvalue weighted by atomic mass is 35.5. The molecule has 4 saturated carbocycles. The lowest BCUT2D eigenvalue weighted by Gasteiger charge is -2.56. The smallest absolute Gasteiger partial charge is 0.235 e. The lowest BCUT2D eigenvalue weighted by molar-refractivity contribution is -0.143. The number of hydrogen-bond donors (Lipinski definition) is 0. The Balaban J connectivity index is 1.53. The van der Waals surface area contributed by atoms with Gasteiger partial charge < -0.3 is 4.90 Å². The Kier molecular flexibility index (Phi) is 4.92. The highest BCUT2D eigenvalue weighted by Crippen LogP contribution is 2.60. The number of halogens is 1. The lowest BCUT2D eigenvalue weighted by Crippen LogP contribution is -2.55. The SMILES string of the molecule is Cc1ccc(Cl)c2sc(N(CCN(C)C)C(=O)C34CC5CC(CC(C5)C3)C4)nc12. The molecule has 0 atom stereocenters. The number of anilines is 1. The highest BCUT2D eigenvalue weighted by Gasteiger charge is 2.56. The number of amides is 1. The van der Waals surface area contributed by atoms with E-state index in [0.29, 0.717) is 12.5 Å². The average molecular weight is 432 g/mol. The Morgan fingerprint density at radius 3 is 2.31 bits per heavy atom. The van der Waals surface area contributed by atoms with Crippen LogP contribution in [0.4, 0.5) is 5.13 Å². The van der Waals surface area contributed by atoms with Crippen LogP contribution in [0.15, 0.2) is 12.1 Å². The van der Waals surface area contributed by atoms with Crippen LogP contribution < -0.4 is 4.90 Å². The van der Waals surface area contributed by atoms with Gasteiger partial charge in [-0.2, -0.15) is 0 Å². The van der Waals surface area contributed by atoms with E-state index in [9.17, 15) is 4.79 Å². The first-order valence-electron chi connectivity index (χ1n) is 10.9. The third-order valence-electron chi connectivity index (χ3n) is 7.42. The van der Waals surface area contributed by atoms with Crippen molar-refractivity contribution >= 4 is 44.2 Å². The maximum Gasteiger partial charge on any atom is 0.235 e. The number of carbonyl (C=O) groups is 1. The number of benzene rings is 1. The predicted octanol–water partition coefficient (Wildman–Crippen LogP) is 5.37. The molecule has 29 heavy (non-hydrogen) atoms. The van der Waals surface area contributed by atoms with Gasteiger partial charge in [-0.3, -0.25) is 9.69 Å². The lowest BCUT2D eigenvalue weighted by atomic mass is 9.49. The van der Waals surface area contributed by atoms with Crippen LogP contribution in [0.2, 0.25) is 5.02 Å². The second kappa shape index (κ2) is 7.21. The average Bonchev–Trinajstić information content (AvgIpc) is 3.10. The summed E-state index contributed by atoms with van der Waals surface area (Å²) in [6.45, 7) is 3.58. The van der Waals surface area contributed by atoms with E-state index in [0.717, 1.165) is 69.5 Å². The Bertz CT molecular complexity index is 879. The van der Waals surface area contributed by atoms with Gasteiger partial charge in [0.05, 0.1) is 20.7 Å². The highest BCUT2D eigenvalue weighted by molar-refractivity contribution is 7.23. The quantitative estimate of drug-likeness (QED) is 0.638. The van der Waals surface area contributed by atoms with Crippen molar-refractivity contribution in [3.05, 3.63) is 22.7 Å². The molecule has 4 nitrogen and oxygen atoms in total. The van der Waals surface area contributed by atoms with Gasteiger partial charge in [0, 0.05) is 13.1 Å². The molecule has 0 radical (unpaired) electrons. The maximum absolute atomic E-state index is 14.1. The molecule has 0 spiro atoms. The minimum atomic E-state index is -0.155. The van der Waals surface area contributed by atoms with Crippen molar-refractivity contribution in [3.63, 3.8) is 0 Å². The molecule has 4 aliphatic rings. The van der Waals surface area contributed by atoms with E-state index in [1.54, 1.807) is 11.3 Å². The summed E-state index contributed by atoms with van der Waals surface area (Å²) in [5.41, 5.74) is 1.89. The number of rotatable bonds is 5. The molecule has 156 valence electrons. The van der Waals surface area contributed by atoms with Gasteiger partial charge >= 0.3 is 0 Å². The van der Waals surface area contributed by atoms with Crippen molar-refractivity contribution in [3.8, 4) is 0 Å². The van der Waals surface area contributed by atoms with E-state index in [1.807, 2.05) is 17.0 Å². The number of likely N-dealkylation sites (N-methyl/N-ethyl adjacent to an activating group) is 1. The summed E-state index contributed by atoms with van der Waals surface area (Å²) < 4.78 is 0.995. The zero-order valence-electron chi connectivity index (χ0n) is 17.6. The van der Waals surface area contributed by atoms with E-state index >= 15 is 0 Å². The normalized spacial score (nSPS) is 30.4.